The minimum absolute atomic E-state index is 0.116. The molecule has 0 rings (SSSR count). The van der Waals surface area contributed by atoms with Gasteiger partial charge in [-0.05, 0) is 51.0 Å². The number of ketones is 1. The Labute approximate surface area is 138 Å². The van der Waals surface area contributed by atoms with Gasteiger partial charge in [0.05, 0.1) is 0 Å². The summed E-state index contributed by atoms with van der Waals surface area (Å²) in [5.74, 6) is 0.116. The van der Waals surface area contributed by atoms with Crippen LogP contribution >= 0.6 is 0 Å². The van der Waals surface area contributed by atoms with Gasteiger partial charge in [0.2, 0.25) is 0 Å². The topological polar surface area (TPSA) is 17.1 Å². The van der Waals surface area contributed by atoms with E-state index in [0.29, 0.717) is 12.0 Å². The number of hydrogen-bond donors (Lipinski definition) is 0. The van der Waals surface area contributed by atoms with Gasteiger partial charge in [0, 0.05) is 6.42 Å². The van der Waals surface area contributed by atoms with Gasteiger partial charge in [-0.3, -0.25) is 4.79 Å². The minimum Gasteiger partial charge on any atom is -0.295 e. The van der Waals surface area contributed by atoms with Crippen molar-refractivity contribution in [2.45, 2.75) is 84.0 Å². The third kappa shape index (κ3) is 15.3. The maximum atomic E-state index is 11.3. The van der Waals surface area contributed by atoms with Crippen LogP contribution in [0.15, 0.2) is 36.5 Å². The van der Waals surface area contributed by atoms with E-state index in [0.717, 1.165) is 19.3 Å². The molecule has 0 aromatic carbocycles. The largest absolute Gasteiger partial charge is 0.295 e. The molecule has 0 unspecified atom stereocenters. The average Bonchev–Trinajstić information content (AvgIpc) is 2.50. The summed E-state index contributed by atoms with van der Waals surface area (Å²) in [7, 11) is 0. The van der Waals surface area contributed by atoms with Crippen molar-refractivity contribution in [2.24, 2.45) is 0 Å². The number of unbranched alkanes of at least 4 members (excludes halogenated alkanes) is 8. The van der Waals surface area contributed by atoms with Crippen LogP contribution in [0.4, 0.5) is 0 Å². The van der Waals surface area contributed by atoms with Crippen molar-refractivity contribution in [1.82, 2.24) is 0 Å². The first-order chi connectivity index (χ1) is 10.7. The molecular formula is C21H35O. The zero-order chi connectivity index (χ0) is 16.5. The second-order valence-electron chi connectivity index (χ2n) is 6.01. The second kappa shape index (κ2) is 16.3. The summed E-state index contributed by atoms with van der Waals surface area (Å²) in [6, 6.07) is 0. The first kappa shape index (κ1) is 20.9. The Morgan fingerprint density at radius 3 is 1.95 bits per heavy atom. The Hall–Kier alpha value is -1.11. The summed E-state index contributed by atoms with van der Waals surface area (Å²) in [6.07, 6.45) is 23.1. The third-order valence-corrected chi connectivity index (χ3v) is 3.75. The van der Waals surface area contributed by atoms with Gasteiger partial charge in [-0.15, -0.1) is 0 Å². The predicted octanol–water partition coefficient (Wildman–Crippen LogP) is 6.76. The van der Waals surface area contributed by atoms with Crippen molar-refractivity contribution in [3.05, 3.63) is 43.4 Å². The molecule has 0 aromatic heterocycles. The van der Waals surface area contributed by atoms with Crippen molar-refractivity contribution in [1.29, 1.82) is 0 Å². The van der Waals surface area contributed by atoms with Gasteiger partial charge in [-0.2, -0.15) is 0 Å². The van der Waals surface area contributed by atoms with Crippen LogP contribution in [-0.4, -0.2) is 5.78 Å². The highest BCUT2D eigenvalue weighted by Gasteiger charge is 2.01. The number of allylic oxidation sites excluding steroid dienone is 5. The highest BCUT2D eigenvalue weighted by Crippen LogP contribution is 2.09. The Kier molecular flexibility index (Phi) is 15.4. The van der Waals surface area contributed by atoms with Gasteiger partial charge in [-0.1, -0.05) is 69.9 Å². The number of carbonyl (C=O) groups excluding carboxylic acids is 1. The molecular weight excluding hydrogens is 268 g/mol. The molecule has 0 saturated carbocycles. The van der Waals surface area contributed by atoms with E-state index >= 15 is 0 Å². The summed E-state index contributed by atoms with van der Waals surface area (Å²) in [4.78, 5) is 11.3. The average molecular weight is 304 g/mol. The van der Waals surface area contributed by atoms with E-state index in [1.807, 2.05) is 0 Å². The van der Waals surface area contributed by atoms with Crippen LogP contribution in [0.3, 0.4) is 0 Å². The highest BCUT2D eigenvalue weighted by molar-refractivity contribution is 5.95. The molecule has 0 aliphatic rings. The zero-order valence-corrected chi connectivity index (χ0v) is 14.6. The molecule has 22 heavy (non-hydrogen) atoms. The van der Waals surface area contributed by atoms with E-state index in [9.17, 15) is 4.79 Å². The fraction of sp³-hybridized carbons (Fsp3) is 0.619. The molecule has 0 fully saturated rings. The van der Waals surface area contributed by atoms with Gasteiger partial charge < -0.3 is 0 Å². The first-order valence-electron chi connectivity index (χ1n) is 9.02. The van der Waals surface area contributed by atoms with Crippen LogP contribution in [0.1, 0.15) is 84.0 Å². The molecule has 0 aliphatic heterocycles. The lowest BCUT2D eigenvalue weighted by Crippen LogP contribution is -1.97. The molecule has 1 heteroatoms. The van der Waals surface area contributed by atoms with Gasteiger partial charge in [0.25, 0.3) is 0 Å². The van der Waals surface area contributed by atoms with Crippen molar-refractivity contribution in [3.63, 3.8) is 0 Å². The van der Waals surface area contributed by atoms with E-state index in [2.05, 4.69) is 44.7 Å². The Morgan fingerprint density at radius 2 is 1.36 bits per heavy atom. The summed E-state index contributed by atoms with van der Waals surface area (Å²) < 4.78 is 0. The van der Waals surface area contributed by atoms with Crippen molar-refractivity contribution < 1.29 is 4.79 Å². The third-order valence-electron chi connectivity index (χ3n) is 3.75. The van der Waals surface area contributed by atoms with Gasteiger partial charge in [-0.25, -0.2) is 0 Å². The fourth-order valence-corrected chi connectivity index (χ4v) is 2.27. The normalized spacial score (nSPS) is 11.5. The zero-order valence-electron chi connectivity index (χ0n) is 14.6. The molecule has 125 valence electrons. The summed E-state index contributed by atoms with van der Waals surface area (Å²) >= 11 is 0. The van der Waals surface area contributed by atoms with Crippen LogP contribution in [0, 0.1) is 6.92 Å². The lowest BCUT2D eigenvalue weighted by molar-refractivity contribution is -0.115. The molecule has 1 nitrogen and oxygen atoms in total. The standard InChI is InChI=1S/C21H35O/c1-4-5-6-7-8-9-10-11-12-13-14-15-16-17-18-19-21(22)20(2)3/h8-9,11-12H,2-7,10,13-19H2,1H3/b9-8-,12-11-. The molecule has 0 heterocycles. The number of carbonyl (C=O) groups is 1. The Bertz CT molecular complexity index is 336. The number of rotatable bonds is 15. The SMILES string of the molecule is [CH2]C(=C)C(=O)CCCCCCC/C=C\C/C=C\CCCCC. The van der Waals surface area contributed by atoms with E-state index in [1.165, 1.54) is 51.4 Å². The Morgan fingerprint density at radius 1 is 0.818 bits per heavy atom. The molecule has 1 radical (unpaired) electrons. The number of hydrogen-bond acceptors (Lipinski definition) is 1. The first-order valence-corrected chi connectivity index (χ1v) is 9.02. The lowest BCUT2D eigenvalue weighted by Gasteiger charge is -2.00. The predicted molar refractivity (Wildman–Crippen MR) is 98.9 cm³/mol. The van der Waals surface area contributed by atoms with E-state index in [-0.39, 0.29) is 5.78 Å². The maximum Gasteiger partial charge on any atom is 0.158 e. The minimum atomic E-state index is 0.116. The molecule has 0 atom stereocenters. The number of Topliss-reactive ketones (excluding diaryl/α,β-unsaturated/α-hetero) is 1. The van der Waals surface area contributed by atoms with Crippen LogP contribution in [-0.2, 0) is 4.79 Å². The quantitative estimate of drug-likeness (QED) is 0.185. The monoisotopic (exact) mass is 303 g/mol. The summed E-state index contributed by atoms with van der Waals surface area (Å²) in [5.41, 5.74) is 0.449. The molecule has 0 spiro atoms. The summed E-state index contributed by atoms with van der Waals surface area (Å²) in [5, 5.41) is 0. The van der Waals surface area contributed by atoms with Crippen LogP contribution < -0.4 is 0 Å². The summed E-state index contributed by atoms with van der Waals surface area (Å²) in [6.45, 7) is 9.38. The lowest BCUT2D eigenvalue weighted by atomic mass is 10.0. The smallest absolute Gasteiger partial charge is 0.158 e. The molecule has 0 bridgehead atoms. The van der Waals surface area contributed by atoms with Crippen LogP contribution in [0.2, 0.25) is 0 Å². The van der Waals surface area contributed by atoms with Crippen molar-refractivity contribution >= 4 is 5.78 Å². The van der Waals surface area contributed by atoms with E-state index in [4.69, 9.17) is 0 Å². The van der Waals surface area contributed by atoms with Crippen LogP contribution in [0.5, 0.6) is 0 Å². The molecule has 0 aromatic rings. The fourth-order valence-electron chi connectivity index (χ4n) is 2.27. The Balaban J connectivity index is 3.27. The van der Waals surface area contributed by atoms with E-state index in [1.54, 1.807) is 0 Å². The van der Waals surface area contributed by atoms with Crippen molar-refractivity contribution in [2.75, 3.05) is 0 Å². The van der Waals surface area contributed by atoms with Crippen molar-refractivity contribution in [3.8, 4) is 0 Å². The van der Waals surface area contributed by atoms with Gasteiger partial charge in [0.15, 0.2) is 5.78 Å². The van der Waals surface area contributed by atoms with Gasteiger partial charge in [0.1, 0.15) is 0 Å². The van der Waals surface area contributed by atoms with E-state index < -0.39 is 0 Å². The van der Waals surface area contributed by atoms with Crippen LogP contribution in [0.25, 0.3) is 0 Å². The second-order valence-corrected chi connectivity index (χ2v) is 6.01. The molecule has 0 aliphatic carbocycles. The molecule has 0 amide bonds. The molecule has 0 N–H and O–H groups in total. The highest BCUT2D eigenvalue weighted by atomic mass is 16.1. The molecule has 0 saturated heterocycles. The maximum absolute atomic E-state index is 11.3. The van der Waals surface area contributed by atoms with Gasteiger partial charge >= 0.3 is 0 Å².